The molecule has 0 aliphatic rings. The van der Waals surface area contributed by atoms with Crippen LogP contribution in [-0.2, 0) is 7.05 Å². The highest BCUT2D eigenvalue weighted by molar-refractivity contribution is 7.20. The van der Waals surface area contributed by atoms with Crippen molar-refractivity contribution in [2.45, 2.75) is 6.92 Å². The van der Waals surface area contributed by atoms with Crippen molar-refractivity contribution in [1.29, 1.82) is 0 Å². The van der Waals surface area contributed by atoms with E-state index < -0.39 is 5.97 Å². The molecule has 0 saturated carbocycles. The van der Waals surface area contributed by atoms with Crippen molar-refractivity contribution in [3.8, 4) is 0 Å². The van der Waals surface area contributed by atoms with E-state index in [-0.39, 0.29) is 5.56 Å². The molecule has 0 unspecified atom stereocenters. The van der Waals surface area contributed by atoms with Gasteiger partial charge in [0.15, 0.2) is 0 Å². The highest BCUT2D eigenvalue weighted by atomic mass is 32.1. The molecule has 15 heavy (non-hydrogen) atoms. The van der Waals surface area contributed by atoms with E-state index in [2.05, 4.69) is 0 Å². The summed E-state index contributed by atoms with van der Waals surface area (Å²) < 4.78 is 1.47. The Morgan fingerprint density at radius 3 is 2.73 bits per heavy atom. The predicted molar refractivity (Wildman–Crippen MR) is 58.8 cm³/mol. The van der Waals surface area contributed by atoms with E-state index in [1.54, 1.807) is 20.0 Å². The lowest BCUT2D eigenvalue weighted by Gasteiger charge is -1.97. The third-order valence-corrected chi connectivity index (χ3v) is 3.77. The second-order valence-electron chi connectivity index (χ2n) is 3.31. The molecule has 78 valence electrons. The summed E-state index contributed by atoms with van der Waals surface area (Å²) in [5, 5.41) is 9.78. The molecule has 2 heterocycles. The third-order valence-electron chi connectivity index (χ3n) is 2.40. The first-order chi connectivity index (χ1) is 7.02. The summed E-state index contributed by atoms with van der Waals surface area (Å²) in [7, 11) is 1.65. The molecule has 0 fully saturated rings. The van der Waals surface area contributed by atoms with Gasteiger partial charge in [-0.05, 0) is 18.6 Å². The van der Waals surface area contributed by atoms with Crippen LogP contribution in [0.4, 0.5) is 0 Å². The van der Waals surface area contributed by atoms with Gasteiger partial charge in [-0.15, -0.1) is 11.3 Å². The van der Waals surface area contributed by atoms with Crippen LogP contribution >= 0.6 is 11.3 Å². The molecule has 4 nitrogen and oxygen atoms in total. The molecule has 0 spiro atoms. The third kappa shape index (κ3) is 1.35. The van der Waals surface area contributed by atoms with E-state index in [1.807, 2.05) is 0 Å². The number of aryl methyl sites for hydroxylation is 2. The van der Waals surface area contributed by atoms with Crippen LogP contribution in [0.2, 0.25) is 0 Å². The predicted octanol–water partition coefficient (Wildman–Crippen LogP) is 1.61. The van der Waals surface area contributed by atoms with Gasteiger partial charge in [0.1, 0.15) is 9.71 Å². The summed E-state index contributed by atoms with van der Waals surface area (Å²) in [4.78, 5) is 23.3. The van der Waals surface area contributed by atoms with Crippen molar-refractivity contribution >= 4 is 27.5 Å². The number of thiophene rings is 1. The van der Waals surface area contributed by atoms with Crippen LogP contribution in [0.1, 0.15) is 15.2 Å². The number of aromatic carboxylic acids is 1. The molecule has 0 aliphatic heterocycles. The number of nitrogens with zero attached hydrogens (tertiary/aromatic N) is 1. The minimum Gasteiger partial charge on any atom is -0.477 e. The lowest BCUT2D eigenvalue weighted by atomic mass is 10.2. The van der Waals surface area contributed by atoms with Gasteiger partial charge >= 0.3 is 5.97 Å². The van der Waals surface area contributed by atoms with Gasteiger partial charge in [0.25, 0.3) is 5.56 Å². The van der Waals surface area contributed by atoms with Gasteiger partial charge < -0.3 is 9.67 Å². The van der Waals surface area contributed by atoms with Crippen LogP contribution < -0.4 is 5.56 Å². The highest BCUT2D eigenvalue weighted by Gasteiger charge is 2.15. The molecule has 0 aliphatic carbocycles. The Kier molecular flexibility index (Phi) is 2.12. The summed E-state index contributed by atoms with van der Waals surface area (Å²) in [6.07, 6.45) is 0. The minimum absolute atomic E-state index is 0.124. The number of pyridine rings is 1. The monoisotopic (exact) mass is 223 g/mol. The maximum absolute atomic E-state index is 11.3. The second-order valence-corrected chi connectivity index (χ2v) is 4.31. The van der Waals surface area contributed by atoms with Crippen molar-refractivity contribution in [2.75, 3.05) is 0 Å². The highest BCUT2D eigenvalue weighted by Crippen LogP contribution is 2.29. The molecule has 0 radical (unpaired) electrons. The van der Waals surface area contributed by atoms with Crippen molar-refractivity contribution in [1.82, 2.24) is 4.57 Å². The van der Waals surface area contributed by atoms with Crippen molar-refractivity contribution < 1.29 is 9.90 Å². The molecule has 5 heteroatoms. The zero-order chi connectivity index (χ0) is 11.2. The zero-order valence-corrected chi connectivity index (χ0v) is 9.09. The largest absolute Gasteiger partial charge is 0.477 e. The first kappa shape index (κ1) is 9.92. The van der Waals surface area contributed by atoms with Crippen molar-refractivity contribution in [3.63, 3.8) is 0 Å². The lowest BCUT2D eigenvalue weighted by Crippen LogP contribution is -2.13. The minimum atomic E-state index is -0.943. The molecule has 2 aromatic rings. The van der Waals surface area contributed by atoms with Crippen LogP contribution in [0.5, 0.6) is 0 Å². The fourth-order valence-corrected chi connectivity index (χ4v) is 2.63. The molecule has 2 aromatic heterocycles. The number of hydrogen-bond donors (Lipinski definition) is 1. The summed E-state index contributed by atoms with van der Waals surface area (Å²) in [6.45, 7) is 1.76. The molecule has 0 amide bonds. The molecular weight excluding hydrogens is 214 g/mol. The molecule has 0 atom stereocenters. The molecule has 0 aromatic carbocycles. The number of carbonyl (C=O) groups is 1. The number of rotatable bonds is 1. The Bertz CT molecular complexity index is 609. The van der Waals surface area contributed by atoms with E-state index in [9.17, 15) is 9.59 Å². The van der Waals surface area contributed by atoms with E-state index in [4.69, 9.17) is 5.11 Å². The first-order valence-electron chi connectivity index (χ1n) is 4.35. The number of aromatic nitrogens is 1. The first-order valence-corrected chi connectivity index (χ1v) is 5.16. The second kappa shape index (κ2) is 3.20. The number of carboxylic acids is 1. The van der Waals surface area contributed by atoms with Gasteiger partial charge in [-0.1, -0.05) is 0 Å². The fourth-order valence-electron chi connectivity index (χ4n) is 1.53. The molecular formula is C10H9NO3S. The average molecular weight is 223 g/mol. The Hall–Kier alpha value is -1.62. The van der Waals surface area contributed by atoms with Crippen LogP contribution in [0.15, 0.2) is 16.9 Å². The van der Waals surface area contributed by atoms with Crippen molar-refractivity contribution in [3.05, 3.63) is 32.9 Å². The fraction of sp³-hybridized carbons (Fsp3) is 0.200. The topological polar surface area (TPSA) is 59.3 Å². The number of carboxylic acid groups (broad SMARTS) is 1. The van der Waals surface area contributed by atoms with E-state index in [0.29, 0.717) is 9.71 Å². The van der Waals surface area contributed by atoms with Gasteiger partial charge in [0.2, 0.25) is 0 Å². The smallest absolute Gasteiger partial charge is 0.346 e. The summed E-state index contributed by atoms with van der Waals surface area (Å²) in [5.74, 6) is -0.943. The van der Waals surface area contributed by atoms with E-state index in [1.165, 1.54) is 10.6 Å². The Balaban J connectivity index is 2.94. The van der Waals surface area contributed by atoms with Crippen LogP contribution in [0, 0.1) is 6.92 Å². The van der Waals surface area contributed by atoms with Gasteiger partial charge in [-0.2, -0.15) is 0 Å². The SMILES string of the molecule is Cc1c(C(=O)O)sc2c1ccc(=O)n2C. The average Bonchev–Trinajstić information content (AvgIpc) is 2.51. The van der Waals surface area contributed by atoms with Gasteiger partial charge in [-0.25, -0.2) is 4.79 Å². The zero-order valence-electron chi connectivity index (χ0n) is 8.27. The van der Waals surface area contributed by atoms with Crippen LogP contribution in [-0.4, -0.2) is 15.6 Å². The van der Waals surface area contributed by atoms with Gasteiger partial charge in [0, 0.05) is 18.5 Å². The number of fused-ring (bicyclic) bond motifs is 1. The van der Waals surface area contributed by atoms with E-state index >= 15 is 0 Å². The number of hydrogen-bond acceptors (Lipinski definition) is 3. The van der Waals surface area contributed by atoms with Crippen molar-refractivity contribution in [2.24, 2.45) is 7.05 Å². The summed E-state index contributed by atoms with van der Waals surface area (Å²) in [5.41, 5.74) is 0.596. The Labute approximate surface area is 89.4 Å². The van der Waals surface area contributed by atoms with Crippen LogP contribution in [0.3, 0.4) is 0 Å². The summed E-state index contributed by atoms with van der Waals surface area (Å²) in [6, 6.07) is 3.13. The maximum atomic E-state index is 11.3. The Morgan fingerprint density at radius 1 is 1.47 bits per heavy atom. The van der Waals surface area contributed by atoms with Crippen LogP contribution in [0.25, 0.3) is 10.2 Å². The van der Waals surface area contributed by atoms with Gasteiger partial charge in [0.05, 0.1) is 0 Å². The molecule has 2 rings (SSSR count). The molecule has 0 bridgehead atoms. The summed E-state index contributed by atoms with van der Waals surface area (Å²) >= 11 is 1.14. The lowest BCUT2D eigenvalue weighted by molar-refractivity contribution is 0.0701. The molecule has 0 saturated heterocycles. The molecule has 1 N–H and O–H groups in total. The maximum Gasteiger partial charge on any atom is 0.346 e. The van der Waals surface area contributed by atoms with E-state index in [0.717, 1.165) is 22.3 Å². The normalized spacial score (nSPS) is 10.8. The van der Waals surface area contributed by atoms with Gasteiger partial charge in [-0.3, -0.25) is 4.79 Å². The Morgan fingerprint density at radius 2 is 2.13 bits per heavy atom. The standard InChI is InChI=1S/C10H9NO3S/c1-5-6-3-4-7(12)11(2)9(6)15-8(5)10(13)14/h3-4H,1-2H3,(H,13,14). The quantitative estimate of drug-likeness (QED) is 0.799.